The Morgan fingerprint density at radius 1 is 1.21 bits per heavy atom. The summed E-state index contributed by atoms with van der Waals surface area (Å²) in [5.41, 5.74) is -1.21. The first-order chi connectivity index (χ1) is 13.7. The van der Waals surface area contributed by atoms with Crippen molar-refractivity contribution < 1.29 is 22.3 Å². The lowest BCUT2D eigenvalue weighted by Gasteiger charge is -2.30. The molecule has 3 aromatic rings. The van der Waals surface area contributed by atoms with E-state index in [1.807, 2.05) is 0 Å². The van der Waals surface area contributed by atoms with E-state index < -0.39 is 28.9 Å². The van der Waals surface area contributed by atoms with E-state index in [2.05, 4.69) is 15.2 Å². The van der Waals surface area contributed by atoms with Crippen LogP contribution >= 0.6 is 11.6 Å². The minimum atomic E-state index is -4.70. The number of alkyl halides is 3. The van der Waals surface area contributed by atoms with E-state index in [1.54, 1.807) is 9.47 Å². The minimum Gasteiger partial charge on any atom is -0.438 e. The van der Waals surface area contributed by atoms with Gasteiger partial charge in [-0.2, -0.15) is 18.3 Å². The summed E-state index contributed by atoms with van der Waals surface area (Å²) < 4.78 is 60.0. The lowest BCUT2D eigenvalue weighted by Crippen LogP contribution is -2.35. The third-order valence-corrected chi connectivity index (χ3v) is 4.77. The topological polar surface area (TPSA) is 76.0 Å². The van der Waals surface area contributed by atoms with Gasteiger partial charge in [0.25, 0.3) is 5.56 Å². The highest BCUT2D eigenvalue weighted by atomic mass is 35.5. The van der Waals surface area contributed by atoms with Gasteiger partial charge in [0, 0.05) is 19.2 Å². The molecular formula is C17H12ClF4N5O2. The van der Waals surface area contributed by atoms with E-state index in [4.69, 9.17) is 16.3 Å². The van der Waals surface area contributed by atoms with Crippen LogP contribution in [0.4, 0.5) is 23.2 Å². The van der Waals surface area contributed by atoms with Gasteiger partial charge in [0.2, 0.25) is 5.88 Å². The molecule has 29 heavy (non-hydrogen) atoms. The molecule has 3 heterocycles. The van der Waals surface area contributed by atoms with Gasteiger partial charge in [0.1, 0.15) is 22.4 Å². The number of hydrogen-bond acceptors (Lipinski definition) is 5. The standard InChI is InChI=1S/C17H12ClF4N5O2/c18-15-11(6-24-25-16(15)28)26-3-4-27-13(8-26)23-7-14(27)29-12-5-9(19)1-2-10(12)17(20,21)22/h1-2,5-7H,3-4,8H2,(H,25,28). The number of H-pyrrole nitrogens is 1. The second-order valence-electron chi connectivity index (χ2n) is 6.22. The first-order valence-corrected chi connectivity index (χ1v) is 8.69. The molecule has 0 atom stereocenters. The first kappa shape index (κ1) is 19.2. The van der Waals surface area contributed by atoms with Crippen molar-refractivity contribution in [1.29, 1.82) is 0 Å². The number of nitrogens with zero attached hydrogens (tertiary/aromatic N) is 4. The number of hydrogen-bond donors (Lipinski definition) is 1. The van der Waals surface area contributed by atoms with E-state index >= 15 is 0 Å². The molecule has 1 aromatic carbocycles. The lowest BCUT2D eigenvalue weighted by molar-refractivity contribution is -0.138. The number of imidazole rings is 1. The molecule has 0 aliphatic carbocycles. The number of aromatic amines is 1. The summed E-state index contributed by atoms with van der Waals surface area (Å²) >= 11 is 6.02. The van der Waals surface area contributed by atoms with E-state index in [9.17, 15) is 22.4 Å². The monoisotopic (exact) mass is 429 g/mol. The smallest absolute Gasteiger partial charge is 0.419 e. The molecule has 1 aliphatic heterocycles. The average Bonchev–Trinajstić information content (AvgIpc) is 3.05. The van der Waals surface area contributed by atoms with Crippen LogP contribution in [0.3, 0.4) is 0 Å². The van der Waals surface area contributed by atoms with Crippen LogP contribution in [-0.4, -0.2) is 26.3 Å². The summed E-state index contributed by atoms with van der Waals surface area (Å²) in [4.78, 5) is 17.6. The number of benzene rings is 1. The van der Waals surface area contributed by atoms with E-state index in [0.717, 1.165) is 6.07 Å². The molecule has 2 aromatic heterocycles. The molecule has 1 N–H and O–H groups in total. The summed E-state index contributed by atoms with van der Waals surface area (Å²) in [6.07, 6.45) is -2.03. The summed E-state index contributed by atoms with van der Waals surface area (Å²) in [5.74, 6) is -0.975. The quantitative estimate of drug-likeness (QED) is 0.644. The molecule has 12 heteroatoms. The summed E-state index contributed by atoms with van der Waals surface area (Å²) in [5, 5.41) is 5.92. The molecule has 7 nitrogen and oxygen atoms in total. The Morgan fingerprint density at radius 2 is 2.00 bits per heavy atom. The van der Waals surface area contributed by atoms with Crippen LogP contribution in [0.5, 0.6) is 11.6 Å². The molecule has 0 unspecified atom stereocenters. The number of rotatable bonds is 3. The SMILES string of the molecule is O=c1[nH]ncc(N2CCn3c(Oc4cc(F)ccc4C(F)(F)F)cnc3C2)c1Cl. The van der Waals surface area contributed by atoms with Crippen molar-refractivity contribution in [3.63, 3.8) is 0 Å². The molecular weight excluding hydrogens is 418 g/mol. The maximum atomic E-state index is 13.5. The maximum Gasteiger partial charge on any atom is 0.419 e. The third-order valence-electron chi connectivity index (χ3n) is 4.41. The predicted octanol–water partition coefficient (Wildman–Crippen LogP) is 3.59. The zero-order chi connectivity index (χ0) is 20.8. The van der Waals surface area contributed by atoms with Gasteiger partial charge in [-0.15, -0.1) is 0 Å². The van der Waals surface area contributed by atoms with Crippen molar-refractivity contribution in [2.45, 2.75) is 19.3 Å². The highest BCUT2D eigenvalue weighted by molar-refractivity contribution is 6.32. The number of aromatic nitrogens is 4. The van der Waals surface area contributed by atoms with Gasteiger partial charge < -0.3 is 9.64 Å². The molecule has 0 bridgehead atoms. The Kier molecular flexibility index (Phi) is 4.69. The fourth-order valence-electron chi connectivity index (χ4n) is 3.04. The minimum absolute atomic E-state index is 0.0222. The fourth-order valence-corrected chi connectivity index (χ4v) is 3.25. The van der Waals surface area contributed by atoms with Gasteiger partial charge in [-0.25, -0.2) is 14.5 Å². The van der Waals surface area contributed by atoms with Gasteiger partial charge >= 0.3 is 6.18 Å². The van der Waals surface area contributed by atoms with Gasteiger partial charge in [0.15, 0.2) is 0 Å². The Morgan fingerprint density at radius 3 is 2.76 bits per heavy atom. The van der Waals surface area contributed by atoms with Crippen molar-refractivity contribution in [3.8, 4) is 11.6 Å². The van der Waals surface area contributed by atoms with Crippen LogP contribution in [-0.2, 0) is 19.3 Å². The van der Waals surface area contributed by atoms with E-state index in [-0.39, 0.29) is 17.4 Å². The number of nitrogens with one attached hydrogen (secondary N) is 1. The summed E-state index contributed by atoms with van der Waals surface area (Å²) in [6, 6.07) is 2.03. The van der Waals surface area contributed by atoms with Crippen LogP contribution in [0.2, 0.25) is 5.02 Å². The van der Waals surface area contributed by atoms with Crippen molar-refractivity contribution in [2.24, 2.45) is 0 Å². The Bertz CT molecular complexity index is 1130. The first-order valence-electron chi connectivity index (χ1n) is 8.31. The molecule has 0 saturated carbocycles. The number of halogens is 5. The second-order valence-corrected chi connectivity index (χ2v) is 6.60. The molecule has 152 valence electrons. The third kappa shape index (κ3) is 3.65. The van der Waals surface area contributed by atoms with Crippen molar-refractivity contribution in [1.82, 2.24) is 19.7 Å². The second kappa shape index (κ2) is 7.07. The van der Waals surface area contributed by atoms with E-state index in [0.29, 0.717) is 36.7 Å². The van der Waals surface area contributed by atoms with Crippen LogP contribution in [0, 0.1) is 5.82 Å². The molecule has 0 radical (unpaired) electrons. The summed E-state index contributed by atoms with van der Waals surface area (Å²) in [7, 11) is 0. The number of anilines is 1. The lowest BCUT2D eigenvalue weighted by atomic mass is 10.2. The molecule has 4 rings (SSSR count). The highest BCUT2D eigenvalue weighted by Crippen LogP contribution is 2.39. The zero-order valence-corrected chi connectivity index (χ0v) is 15.3. The number of fused-ring (bicyclic) bond motifs is 1. The van der Waals surface area contributed by atoms with E-state index in [1.165, 1.54) is 12.4 Å². The largest absolute Gasteiger partial charge is 0.438 e. The summed E-state index contributed by atoms with van der Waals surface area (Å²) in [6.45, 7) is 0.897. The van der Waals surface area contributed by atoms with Crippen LogP contribution < -0.4 is 15.2 Å². The number of ether oxygens (including phenoxy) is 1. The van der Waals surface area contributed by atoms with Gasteiger partial charge in [-0.05, 0) is 12.1 Å². The average molecular weight is 430 g/mol. The molecule has 0 saturated heterocycles. The zero-order valence-electron chi connectivity index (χ0n) is 14.5. The fraction of sp³-hybridized carbons (Fsp3) is 0.235. The highest BCUT2D eigenvalue weighted by Gasteiger charge is 2.35. The van der Waals surface area contributed by atoms with Crippen LogP contribution in [0.1, 0.15) is 11.4 Å². The normalized spacial score (nSPS) is 14.0. The molecule has 0 fully saturated rings. The Labute approximate surface area is 165 Å². The molecule has 0 spiro atoms. The van der Waals surface area contributed by atoms with Gasteiger partial charge in [0.05, 0.1) is 30.2 Å². The van der Waals surface area contributed by atoms with Gasteiger partial charge in [-0.1, -0.05) is 11.6 Å². The predicted molar refractivity (Wildman–Crippen MR) is 94.6 cm³/mol. The van der Waals surface area contributed by atoms with Crippen LogP contribution in [0.15, 0.2) is 35.4 Å². The molecule has 0 amide bonds. The van der Waals surface area contributed by atoms with Crippen LogP contribution in [0.25, 0.3) is 0 Å². The maximum absolute atomic E-state index is 13.5. The van der Waals surface area contributed by atoms with Crippen molar-refractivity contribution in [3.05, 3.63) is 63.2 Å². The van der Waals surface area contributed by atoms with Crippen molar-refractivity contribution in [2.75, 3.05) is 11.4 Å². The Hall–Kier alpha value is -3.08. The molecule has 1 aliphatic rings. The Balaban J connectivity index is 1.62. The van der Waals surface area contributed by atoms with Crippen molar-refractivity contribution >= 4 is 17.3 Å². The van der Waals surface area contributed by atoms with Gasteiger partial charge in [-0.3, -0.25) is 9.36 Å².